The largest absolute Gasteiger partial charge is 0.475 e. The molecule has 0 saturated heterocycles. The maximum atomic E-state index is 12.7. The van der Waals surface area contributed by atoms with Crippen molar-refractivity contribution in [1.29, 1.82) is 0 Å². The van der Waals surface area contributed by atoms with E-state index in [1.54, 1.807) is 0 Å². The topological polar surface area (TPSA) is 106 Å². The van der Waals surface area contributed by atoms with Crippen molar-refractivity contribution in [2.45, 2.75) is 13.3 Å². The molecule has 1 heterocycles. The van der Waals surface area contributed by atoms with Gasteiger partial charge in [-0.15, -0.1) is 0 Å². The zero-order valence-corrected chi connectivity index (χ0v) is 10.5. The molecule has 1 aromatic carbocycles. The molecule has 2 aromatic rings. The maximum absolute atomic E-state index is 12.7. The van der Waals surface area contributed by atoms with Crippen molar-refractivity contribution in [3.8, 4) is 11.5 Å². The van der Waals surface area contributed by atoms with Crippen molar-refractivity contribution in [2.75, 3.05) is 0 Å². The summed E-state index contributed by atoms with van der Waals surface area (Å²) in [6, 6.07) is 4.15. The molecule has 0 aliphatic rings. The standard InChI is InChI=1S/C12H8F2N2O5/c1-5-3-2-4-6(8(5)16(19)20)11-15-7(10(13)14)9(21-11)12(17)18/h2-4,10H,1H3,(H,17,18). The van der Waals surface area contributed by atoms with Crippen LogP contribution >= 0.6 is 0 Å². The molecule has 9 heteroatoms. The Morgan fingerprint density at radius 1 is 1.48 bits per heavy atom. The van der Waals surface area contributed by atoms with Crippen molar-refractivity contribution >= 4 is 11.7 Å². The Labute approximate surface area is 116 Å². The zero-order chi connectivity index (χ0) is 15.7. The zero-order valence-electron chi connectivity index (χ0n) is 10.5. The van der Waals surface area contributed by atoms with Crippen molar-refractivity contribution in [1.82, 2.24) is 4.98 Å². The van der Waals surface area contributed by atoms with Gasteiger partial charge in [0, 0.05) is 5.56 Å². The lowest BCUT2D eigenvalue weighted by molar-refractivity contribution is -0.384. The third kappa shape index (κ3) is 2.57. The molecule has 0 aliphatic carbocycles. The summed E-state index contributed by atoms with van der Waals surface area (Å²) in [4.78, 5) is 24.6. The second-order valence-electron chi connectivity index (χ2n) is 4.07. The summed E-state index contributed by atoms with van der Waals surface area (Å²) in [5.74, 6) is -3.28. The molecular weight excluding hydrogens is 290 g/mol. The second kappa shape index (κ2) is 5.27. The van der Waals surface area contributed by atoms with Crippen LogP contribution in [0.5, 0.6) is 0 Å². The molecule has 21 heavy (non-hydrogen) atoms. The summed E-state index contributed by atoms with van der Waals surface area (Å²) in [6.45, 7) is 1.46. The molecule has 0 saturated carbocycles. The van der Waals surface area contributed by atoms with E-state index in [-0.39, 0.29) is 16.8 Å². The van der Waals surface area contributed by atoms with Gasteiger partial charge < -0.3 is 9.52 Å². The van der Waals surface area contributed by atoms with Crippen molar-refractivity contribution < 1.29 is 28.0 Å². The number of aromatic nitrogens is 1. The highest BCUT2D eigenvalue weighted by Gasteiger charge is 2.29. The first-order chi connectivity index (χ1) is 9.82. The number of oxazole rings is 1. The van der Waals surface area contributed by atoms with Gasteiger partial charge in [0.05, 0.1) is 4.92 Å². The fraction of sp³-hybridized carbons (Fsp3) is 0.167. The summed E-state index contributed by atoms with van der Waals surface area (Å²) in [5, 5.41) is 19.9. The molecule has 0 radical (unpaired) electrons. The van der Waals surface area contributed by atoms with Gasteiger partial charge in [-0.25, -0.2) is 18.6 Å². The van der Waals surface area contributed by atoms with Crippen LogP contribution in [0.3, 0.4) is 0 Å². The Morgan fingerprint density at radius 3 is 2.62 bits per heavy atom. The Kier molecular flexibility index (Phi) is 3.66. The van der Waals surface area contributed by atoms with E-state index < -0.39 is 34.7 Å². The van der Waals surface area contributed by atoms with Crippen molar-refractivity contribution in [3.05, 3.63) is 45.3 Å². The summed E-state index contributed by atoms with van der Waals surface area (Å²) >= 11 is 0. The van der Waals surface area contributed by atoms with Crippen LogP contribution in [-0.2, 0) is 0 Å². The molecule has 0 aliphatic heterocycles. The van der Waals surface area contributed by atoms with Crippen LogP contribution in [0.25, 0.3) is 11.5 Å². The number of hydrogen-bond donors (Lipinski definition) is 1. The SMILES string of the molecule is Cc1cccc(-c2nc(C(F)F)c(C(=O)O)o2)c1[N+](=O)[O-]. The molecule has 0 fully saturated rings. The van der Waals surface area contributed by atoms with Crippen LogP contribution in [-0.4, -0.2) is 21.0 Å². The van der Waals surface area contributed by atoms with Crippen LogP contribution in [0.2, 0.25) is 0 Å². The number of rotatable bonds is 4. The van der Waals surface area contributed by atoms with Gasteiger partial charge in [-0.3, -0.25) is 10.1 Å². The highest BCUT2D eigenvalue weighted by molar-refractivity contribution is 5.86. The molecule has 0 spiro atoms. The number of nitrogens with zero attached hydrogens (tertiary/aromatic N) is 2. The quantitative estimate of drug-likeness (QED) is 0.686. The van der Waals surface area contributed by atoms with E-state index >= 15 is 0 Å². The molecule has 0 atom stereocenters. The number of benzene rings is 1. The molecule has 0 amide bonds. The predicted octanol–water partition coefficient (Wildman–Crippen LogP) is 3.19. The number of halogens is 2. The van der Waals surface area contributed by atoms with Gasteiger partial charge in [-0.05, 0) is 13.0 Å². The van der Waals surface area contributed by atoms with Gasteiger partial charge in [-0.2, -0.15) is 0 Å². The number of nitro groups is 1. The monoisotopic (exact) mass is 298 g/mol. The number of aromatic carboxylic acids is 1. The number of hydrogen-bond acceptors (Lipinski definition) is 5. The minimum Gasteiger partial charge on any atom is -0.475 e. The number of carbonyl (C=O) groups is 1. The number of aryl methyl sites for hydroxylation is 1. The van der Waals surface area contributed by atoms with Crippen LogP contribution in [0.4, 0.5) is 14.5 Å². The van der Waals surface area contributed by atoms with Gasteiger partial charge in [0.2, 0.25) is 11.7 Å². The minimum atomic E-state index is -3.17. The number of para-hydroxylation sites is 1. The first-order valence-electron chi connectivity index (χ1n) is 5.59. The van der Waals surface area contributed by atoms with Crippen LogP contribution < -0.4 is 0 Å². The molecule has 2 rings (SSSR count). The van der Waals surface area contributed by atoms with Gasteiger partial charge in [0.15, 0.2) is 5.69 Å². The summed E-state index contributed by atoms with van der Waals surface area (Å²) in [5.41, 5.74) is -1.33. The molecule has 7 nitrogen and oxygen atoms in total. The third-order valence-electron chi connectivity index (χ3n) is 2.71. The highest BCUT2D eigenvalue weighted by atomic mass is 19.3. The second-order valence-corrected chi connectivity index (χ2v) is 4.07. The molecule has 110 valence electrons. The fourth-order valence-electron chi connectivity index (χ4n) is 1.82. The summed E-state index contributed by atoms with van der Waals surface area (Å²) in [7, 11) is 0. The molecule has 0 bridgehead atoms. The van der Waals surface area contributed by atoms with E-state index in [0.29, 0.717) is 0 Å². The van der Waals surface area contributed by atoms with Crippen LogP contribution in [0, 0.1) is 17.0 Å². The molecule has 0 unspecified atom stereocenters. The van der Waals surface area contributed by atoms with E-state index in [9.17, 15) is 23.7 Å². The third-order valence-corrected chi connectivity index (χ3v) is 2.71. The van der Waals surface area contributed by atoms with E-state index in [0.717, 1.165) is 0 Å². The lowest BCUT2D eigenvalue weighted by atomic mass is 10.1. The smallest absolute Gasteiger partial charge is 0.374 e. The fourth-order valence-corrected chi connectivity index (χ4v) is 1.82. The maximum Gasteiger partial charge on any atom is 0.374 e. The van der Waals surface area contributed by atoms with Crippen molar-refractivity contribution in [2.24, 2.45) is 0 Å². The van der Waals surface area contributed by atoms with Gasteiger partial charge >= 0.3 is 5.97 Å². The van der Waals surface area contributed by atoms with E-state index in [1.807, 2.05) is 0 Å². The first kappa shape index (κ1) is 14.6. The van der Waals surface area contributed by atoms with Gasteiger partial charge in [-0.1, -0.05) is 12.1 Å². The number of carboxylic acids is 1. The molecular formula is C12H8F2N2O5. The molecule has 1 N–H and O–H groups in total. The Morgan fingerprint density at radius 2 is 2.14 bits per heavy atom. The van der Waals surface area contributed by atoms with Crippen molar-refractivity contribution in [3.63, 3.8) is 0 Å². The normalized spacial score (nSPS) is 10.9. The number of carboxylic acid groups (broad SMARTS) is 1. The lowest BCUT2D eigenvalue weighted by Crippen LogP contribution is -1.99. The Bertz CT molecular complexity index is 726. The van der Waals surface area contributed by atoms with E-state index in [4.69, 9.17) is 9.52 Å². The average molecular weight is 298 g/mol. The van der Waals surface area contributed by atoms with Gasteiger partial charge in [0.25, 0.3) is 12.1 Å². The Hall–Kier alpha value is -2.84. The number of alkyl halides is 2. The predicted molar refractivity (Wildman–Crippen MR) is 65.2 cm³/mol. The number of nitro benzene ring substituents is 1. The van der Waals surface area contributed by atoms with Gasteiger partial charge in [0.1, 0.15) is 5.56 Å². The Balaban J connectivity index is 2.69. The summed E-state index contributed by atoms with van der Waals surface area (Å²) < 4.78 is 30.2. The average Bonchev–Trinajstić information content (AvgIpc) is 2.83. The molecule has 1 aromatic heterocycles. The van der Waals surface area contributed by atoms with E-state index in [2.05, 4.69) is 4.98 Å². The van der Waals surface area contributed by atoms with Crippen LogP contribution in [0.1, 0.15) is 28.2 Å². The highest BCUT2D eigenvalue weighted by Crippen LogP contribution is 2.35. The lowest BCUT2D eigenvalue weighted by Gasteiger charge is -2.01. The van der Waals surface area contributed by atoms with Crippen LogP contribution in [0.15, 0.2) is 22.6 Å². The first-order valence-corrected chi connectivity index (χ1v) is 5.59. The summed E-state index contributed by atoms with van der Waals surface area (Å²) in [6.07, 6.45) is -3.17. The minimum absolute atomic E-state index is 0.158. The van der Waals surface area contributed by atoms with E-state index in [1.165, 1.54) is 25.1 Å².